The Morgan fingerprint density at radius 1 is 1.54 bits per heavy atom. The van der Waals surface area contributed by atoms with E-state index < -0.39 is 0 Å². The third kappa shape index (κ3) is 1.71. The van der Waals surface area contributed by atoms with Crippen LogP contribution in [-0.2, 0) is 12.5 Å². The van der Waals surface area contributed by atoms with E-state index in [1.807, 2.05) is 18.7 Å². The van der Waals surface area contributed by atoms with Crippen molar-refractivity contribution in [3.8, 4) is 0 Å². The number of hydrogen-bond donors (Lipinski definition) is 1. The molecule has 2 N–H and O–H groups in total. The molecule has 0 saturated heterocycles. The van der Waals surface area contributed by atoms with Crippen molar-refractivity contribution in [2.45, 2.75) is 26.2 Å². The van der Waals surface area contributed by atoms with E-state index in [4.69, 9.17) is 17.3 Å². The van der Waals surface area contributed by atoms with Gasteiger partial charge < -0.3 is 5.73 Å². The van der Waals surface area contributed by atoms with E-state index in [1.165, 1.54) is 0 Å². The third-order valence-corrected chi connectivity index (χ3v) is 2.75. The second kappa shape index (κ2) is 3.31. The number of aryl methyl sites for hydroxylation is 2. The average molecular weight is 202 g/mol. The van der Waals surface area contributed by atoms with E-state index in [-0.39, 0.29) is 5.41 Å². The number of halogens is 1. The van der Waals surface area contributed by atoms with Crippen molar-refractivity contribution in [1.82, 2.24) is 9.78 Å². The molecule has 0 spiro atoms. The summed E-state index contributed by atoms with van der Waals surface area (Å²) < 4.78 is 1.81. The molecule has 1 heterocycles. The van der Waals surface area contributed by atoms with Gasteiger partial charge in [0.2, 0.25) is 0 Å². The van der Waals surface area contributed by atoms with Crippen LogP contribution in [0.2, 0.25) is 5.02 Å². The van der Waals surface area contributed by atoms with Gasteiger partial charge in [0.15, 0.2) is 0 Å². The Hall–Kier alpha value is -0.540. The topological polar surface area (TPSA) is 43.8 Å². The van der Waals surface area contributed by atoms with Gasteiger partial charge >= 0.3 is 0 Å². The van der Waals surface area contributed by atoms with Gasteiger partial charge in [-0.1, -0.05) is 25.4 Å². The third-order valence-electron chi connectivity index (χ3n) is 2.30. The lowest BCUT2D eigenvalue weighted by Gasteiger charge is -2.23. The first-order chi connectivity index (χ1) is 5.90. The summed E-state index contributed by atoms with van der Waals surface area (Å²) >= 11 is 6.14. The van der Waals surface area contributed by atoms with E-state index in [1.54, 1.807) is 0 Å². The normalized spacial score (nSPS) is 12.2. The number of nitrogens with two attached hydrogens (primary N) is 1. The summed E-state index contributed by atoms with van der Waals surface area (Å²) in [6, 6.07) is 0. The van der Waals surface area contributed by atoms with Crippen LogP contribution in [0, 0.1) is 6.92 Å². The fraction of sp³-hybridized carbons (Fsp3) is 0.667. The van der Waals surface area contributed by atoms with E-state index in [0.717, 1.165) is 16.4 Å². The number of nitrogens with zero attached hydrogens (tertiary/aromatic N) is 2. The van der Waals surface area contributed by atoms with Crippen LogP contribution < -0.4 is 5.73 Å². The maximum absolute atomic E-state index is 6.14. The minimum absolute atomic E-state index is 0.118. The molecule has 0 fully saturated rings. The van der Waals surface area contributed by atoms with Crippen LogP contribution in [0.3, 0.4) is 0 Å². The highest BCUT2D eigenvalue weighted by Crippen LogP contribution is 2.30. The van der Waals surface area contributed by atoms with Gasteiger partial charge in [-0.05, 0) is 6.92 Å². The first-order valence-corrected chi connectivity index (χ1v) is 4.67. The average Bonchev–Trinajstić information content (AvgIpc) is 2.27. The van der Waals surface area contributed by atoms with Crippen molar-refractivity contribution in [2.75, 3.05) is 6.54 Å². The molecule has 0 unspecified atom stereocenters. The van der Waals surface area contributed by atoms with Gasteiger partial charge in [-0.2, -0.15) is 5.10 Å². The number of hydrogen-bond acceptors (Lipinski definition) is 2. The molecule has 3 nitrogen and oxygen atoms in total. The molecule has 0 bridgehead atoms. The molecule has 4 heteroatoms. The molecule has 1 rings (SSSR count). The predicted molar refractivity (Wildman–Crippen MR) is 55.0 cm³/mol. The lowest BCUT2D eigenvalue weighted by atomic mass is 9.89. The summed E-state index contributed by atoms with van der Waals surface area (Å²) in [5.74, 6) is 0. The highest BCUT2D eigenvalue weighted by molar-refractivity contribution is 6.32. The molecule has 0 aromatic carbocycles. The Labute approximate surface area is 83.9 Å². The molecule has 13 heavy (non-hydrogen) atoms. The van der Waals surface area contributed by atoms with Crippen molar-refractivity contribution in [3.63, 3.8) is 0 Å². The van der Waals surface area contributed by atoms with Crippen LogP contribution >= 0.6 is 11.6 Å². The summed E-state index contributed by atoms with van der Waals surface area (Å²) in [4.78, 5) is 0. The zero-order valence-electron chi connectivity index (χ0n) is 8.56. The monoisotopic (exact) mass is 201 g/mol. The van der Waals surface area contributed by atoms with Gasteiger partial charge in [0, 0.05) is 19.0 Å². The molecule has 0 atom stereocenters. The lowest BCUT2D eigenvalue weighted by molar-refractivity contribution is 0.487. The van der Waals surface area contributed by atoms with Crippen LogP contribution in [0.1, 0.15) is 25.2 Å². The Morgan fingerprint density at radius 3 is 2.38 bits per heavy atom. The summed E-state index contributed by atoms with van der Waals surface area (Å²) in [5.41, 5.74) is 7.44. The number of aromatic nitrogens is 2. The maximum Gasteiger partial charge on any atom is 0.0853 e. The molecule has 0 aliphatic carbocycles. The van der Waals surface area contributed by atoms with Gasteiger partial charge in [-0.15, -0.1) is 0 Å². The van der Waals surface area contributed by atoms with E-state index in [0.29, 0.717) is 6.54 Å². The molecular formula is C9H16ClN3. The summed E-state index contributed by atoms with van der Waals surface area (Å²) in [7, 11) is 1.89. The molecule has 0 radical (unpaired) electrons. The van der Waals surface area contributed by atoms with Crippen molar-refractivity contribution in [3.05, 3.63) is 16.4 Å². The zero-order valence-corrected chi connectivity index (χ0v) is 9.31. The number of rotatable bonds is 2. The van der Waals surface area contributed by atoms with Gasteiger partial charge in [0.05, 0.1) is 16.4 Å². The van der Waals surface area contributed by atoms with Crippen LogP contribution in [-0.4, -0.2) is 16.3 Å². The second-order valence-corrected chi connectivity index (χ2v) is 4.34. The molecule has 74 valence electrons. The minimum atomic E-state index is -0.118. The highest BCUT2D eigenvalue weighted by Gasteiger charge is 2.26. The molecule has 0 aliphatic heterocycles. The Balaban J connectivity index is 3.28. The summed E-state index contributed by atoms with van der Waals surface area (Å²) in [6.07, 6.45) is 0. The SMILES string of the molecule is Cc1nn(C)c(C(C)(C)CN)c1Cl. The first-order valence-electron chi connectivity index (χ1n) is 4.30. The summed E-state index contributed by atoms with van der Waals surface area (Å²) in [5, 5.41) is 4.99. The maximum atomic E-state index is 6.14. The van der Waals surface area contributed by atoms with E-state index in [2.05, 4.69) is 18.9 Å². The smallest absolute Gasteiger partial charge is 0.0853 e. The molecular weight excluding hydrogens is 186 g/mol. The van der Waals surface area contributed by atoms with Crippen molar-refractivity contribution in [1.29, 1.82) is 0 Å². The molecule has 1 aromatic rings. The van der Waals surface area contributed by atoms with Crippen LogP contribution in [0.5, 0.6) is 0 Å². The Bertz CT molecular complexity index is 315. The molecule has 0 aliphatic rings. The molecule has 0 amide bonds. The van der Waals surface area contributed by atoms with Gasteiger partial charge in [-0.25, -0.2) is 0 Å². The molecule has 1 aromatic heterocycles. The van der Waals surface area contributed by atoms with Gasteiger partial charge in [-0.3, -0.25) is 4.68 Å². The van der Waals surface area contributed by atoms with Crippen LogP contribution in [0.4, 0.5) is 0 Å². The Morgan fingerprint density at radius 2 is 2.08 bits per heavy atom. The van der Waals surface area contributed by atoms with Crippen LogP contribution in [0.15, 0.2) is 0 Å². The van der Waals surface area contributed by atoms with E-state index >= 15 is 0 Å². The fourth-order valence-corrected chi connectivity index (χ4v) is 1.88. The van der Waals surface area contributed by atoms with Gasteiger partial charge in [0.25, 0.3) is 0 Å². The van der Waals surface area contributed by atoms with Crippen LogP contribution in [0.25, 0.3) is 0 Å². The first kappa shape index (κ1) is 10.5. The lowest BCUT2D eigenvalue weighted by Crippen LogP contribution is -2.30. The van der Waals surface area contributed by atoms with Crippen molar-refractivity contribution in [2.24, 2.45) is 12.8 Å². The quantitative estimate of drug-likeness (QED) is 0.791. The van der Waals surface area contributed by atoms with Crippen molar-refractivity contribution < 1.29 is 0 Å². The second-order valence-electron chi connectivity index (χ2n) is 3.96. The molecule has 0 saturated carbocycles. The van der Waals surface area contributed by atoms with E-state index in [9.17, 15) is 0 Å². The van der Waals surface area contributed by atoms with Crippen molar-refractivity contribution >= 4 is 11.6 Å². The minimum Gasteiger partial charge on any atom is -0.330 e. The summed E-state index contributed by atoms with van der Waals surface area (Å²) in [6.45, 7) is 6.59. The largest absolute Gasteiger partial charge is 0.330 e. The fourth-order valence-electron chi connectivity index (χ4n) is 1.46. The van der Waals surface area contributed by atoms with Gasteiger partial charge in [0.1, 0.15) is 0 Å². The highest BCUT2D eigenvalue weighted by atomic mass is 35.5. The standard InChI is InChI=1S/C9H16ClN3/c1-6-7(10)8(13(4)12-6)9(2,3)5-11/h5,11H2,1-4H3. The zero-order chi connectivity index (χ0) is 10.2. The predicted octanol–water partition coefficient (Wildman–Crippen LogP) is 1.62. The Kier molecular flexibility index (Phi) is 2.68.